The average Bonchev–Trinajstić information content (AvgIpc) is 2.30. The molecule has 1 aromatic heterocycles. The maximum absolute atomic E-state index is 11.7. The van der Waals surface area contributed by atoms with E-state index in [0.29, 0.717) is 0 Å². The van der Waals surface area contributed by atoms with Crippen LogP contribution in [0.2, 0.25) is 0 Å². The molecule has 0 atom stereocenters. The first-order chi connectivity index (χ1) is 8.50. The molecule has 0 fully saturated rings. The number of Topliss-reactive ketones (excluding diaryl/α,β-unsaturated/α-hetero) is 1. The van der Waals surface area contributed by atoms with Crippen molar-refractivity contribution in [3.63, 3.8) is 0 Å². The Bertz CT molecular complexity index is 597. The van der Waals surface area contributed by atoms with E-state index in [4.69, 9.17) is 0 Å². The molecule has 0 unspecified atom stereocenters. The predicted octanol–water partition coefficient (Wildman–Crippen LogP) is 3.88. The quantitative estimate of drug-likeness (QED) is 0.744. The smallest absolute Gasteiger partial charge is 0.161 e. The maximum Gasteiger partial charge on any atom is 0.161 e. The molecule has 92 valence electrons. The molecule has 0 amide bonds. The Kier molecular flexibility index (Phi) is 3.28. The van der Waals surface area contributed by atoms with E-state index in [2.05, 4.69) is 36.2 Å². The zero-order chi connectivity index (χ0) is 13.3. The Morgan fingerprint density at radius 2 is 1.67 bits per heavy atom. The van der Waals surface area contributed by atoms with Crippen LogP contribution in [0.1, 0.15) is 34.1 Å². The monoisotopic (exact) mass is 239 g/mol. The third-order valence-corrected chi connectivity index (χ3v) is 3.24. The number of aromatic nitrogens is 1. The van der Waals surface area contributed by atoms with E-state index in [1.165, 1.54) is 5.56 Å². The van der Waals surface area contributed by atoms with Gasteiger partial charge in [-0.3, -0.25) is 9.78 Å². The zero-order valence-electron chi connectivity index (χ0n) is 11.2. The van der Waals surface area contributed by atoms with Gasteiger partial charge in [0, 0.05) is 23.0 Å². The lowest BCUT2D eigenvalue weighted by Gasteiger charge is -2.11. The van der Waals surface area contributed by atoms with E-state index in [1.54, 1.807) is 6.92 Å². The van der Waals surface area contributed by atoms with E-state index >= 15 is 0 Å². The van der Waals surface area contributed by atoms with Crippen molar-refractivity contribution in [2.75, 3.05) is 0 Å². The van der Waals surface area contributed by atoms with E-state index in [-0.39, 0.29) is 5.78 Å². The third-order valence-electron chi connectivity index (χ3n) is 3.24. The molecule has 2 heteroatoms. The molecule has 0 aliphatic rings. The van der Waals surface area contributed by atoms with E-state index < -0.39 is 0 Å². The fraction of sp³-hybridized carbons (Fsp3) is 0.250. The summed E-state index contributed by atoms with van der Waals surface area (Å²) in [6, 6.07) is 8.28. The lowest BCUT2D eigenvalue weighted by atomic mass is 9.95. The van der Waals surface area contributed by atoms with Gasteiger partial charge in [-0.2, -0.15) is 0 Å². The second kappa shape index (κ2) is 4.73. The van der Waals surface area contributed by atoms with Gasteiger partial charge < -0.3 is 0 Å². The highest BCUT2D eigenvalue weighted by atomic mass is 16.1. The normalized spacial score (nSPS) is 10.4. The van der Waals surface area contributed by atoms with Crippen LogP contribution in [-0.4, -0.2) is 10.8 Å². The van der Waals surface area contributed by atoms with Crippen molar-refractivity contribution in [2.45, 2.75) is 27.7 Å². The summed E-state index contributed by atoms with van der Waals surface area (Å²) in [4.78, 5) is 16.0. The molecule has 1 heterocycles. The molecule has 0 radical (unpaired) electrons. The van der Waals surface area contributed by atoms with E-state index in [9.17, 15) is 4.79 Å². The zero-order valence-corrected chi connectivity index (χ0v) is 11.2. The van der Waals surface area contributed by atoms with Crippen molar-refractivity contribution in [3.8, 4) is 11.1 Å². The Hall–Kier alpha value is -1.96. The van der Waals surface area contributed by atoms with Crippen LogP contribution in [0.3, 0.4) is 0 Å². The summed E-state index contributed by atoms with van der Waals surface area (Å²) < 4.78 is 0. The highest BCUT2D eigenvalue weighted by Gasteiger charge is 2.13. The van der Waals surface area contributed by atoms with Crippen molar-refractivity contribution in [1.82, 2.24) is 4.98 Å². The van der Waals surface area contributed by atoms with Crippen molar-refractivity contribution >= 4 is 5.78 Å². The second-order valence-electron chi connectivity index (χ2n) is 4.68. The number of hydrogen-bond acceptors (Lipinski definition) is 2. The fourth-order valence-electron chi connectivity index (χ4n) is 2.27. The minimum atomic E-state index is 0.0754. The first kappa shape index (κ1) is 12.5. The molecule has 0 aliphatic heterocycles. The van der Waals surface area contributed by atoms with Gasteiger partial charge in [-0.1, -0.05) is 29.8 Å². The van der Waals surface area contributed by atoms with Gasteiger partial charge >= 0.3 is 0 Å². The summed E-state index contributed by atoms with van der Waals surface area (Å²) in [5.74, 6) is 0.0754. The van der Waals surface area contributed by atoms with Crippen LogP contribution in [0.15, 0.2) is 30.5 Å². The summed E-state index contributed by atoms with van der Waals surface area (Å²) in [5, 5.41) is 0. The summed E-state index contributed by atoms with van der Waals surface area (Å²) in [6.45, 7) is 7.52. The molecule has 0 N–H and O–H groups in total. The Morgan fingerprint density at radius 3 is 2.22 bits per heavy atom. The van der Waals surface area contributed by atoms with Gasteiger partial charge in [0.1, 0.15) is 0 Å². The number of aryl methyl sites for hydroxylation is 2. The standard InChI is InChI=1S/C16H17NO/c1-10-5-7-14(8-6-10)15-9-17-12(3)16(11(15)2)13(4)18/h5-9H,1-4H3. The number of carbonyl (C=O) groups excluding carboxylic acids is 1. The number of benzene rings is 1. The van der Waals surface area contributed by atoms with E-state index in [0.717, 1.165) is 27.9 Å². The first-order valence-corrected chi connectivity index (χ1v) is 6.05. The molecule has 2 nitrogen and oxygen atoms in total. The van der Waals surface area contributed by atoms with Gasteiger partial charge in [0.2, 0.25) is 0 Å². The molecule has 0 bridgehead atoms. The van der Waals surface area contributed by atoms with Gasteiger partial charge in [-0.15, -0.1) is 0 Å². The molecular formula is C16H17NO. The number of rotatable bonds is 2. The fourth-order valence-corrected chi connectivity index (χ4v) is 2.27. The summed E-state index contributed by atoms with van der Waals surface area (Å²) in [7, 11) is 0. The number of carbonyl (C=O) groups is 1. The van der Waals surface area contributed by atoms with Gasteiger partial charge in [0.05, 0.1) is 0 Å². The van der Waals surface area contributed by atoms with Crippen LogP contribution in [0.25, 0.3) is 11.1 Å². The maximum atomic E-state index is 11.7. The van der Waals surface area contributed by atoms with Gasteiger partial charge in [0.25, 0.3) is 0 Å². The Morgan fingerprint density at radius 1 is 1.06 bits per heavy atom. The summed E-state index contributed by atoms with van der Waals surface area (Å²) >= 11 is 0. The largest absolute Gasteiger partial charge is 0.294 e. The SMILES string of the molecule is CC(=O)c1c(C)ncc(-c2ccc(C)cc2)c1C. The minimum Gasteiger partial charge on any atom is -0.294 e. The van der Waals surface area contributed by atoms with Gasteiger partial charge in [-0.05, 0) is 38.8 Å². The molecule has 1 aromatic carbocycles. The molecule has 0 saturated heterocycles. The number of nitrogens with zero attached hydrogens (tertiary/aromatic N) is 1. The van der Waals surface area contributed by atoms with Crippen LogP contribution in [0, 0.1) is 20.8 Å². The Labute approximate surface area is 108 Å². The van der Waals surface area contributed by atoms with Crippen molar-refractivity contribution in [3.05, 3.63) is 52.8 Å². The number of ketones is 1. The average molecular weight is 239 g/mol. The highest BCUT2D eigenvalue weighted by Crippen LogP contribution is 2.26. The van der Waals surface area contributed by atoms with Crippen LogP contribution >= 0.6 is 0 Å². The molecule has 0 spiro atoms. The second-order valence-corrected chi connectivity index (χ2v) is 4.68. The number of pyridine rings is 1. The molecule has 18 heavy (non-hydrogen) atoms. The van der Waals surface area contributed by atoms with Crippen LogP contribution < -0.4 is 0 Å². The van der Waals surface area contributed by atoms with Gasteiger partial charge in [-0.25, -0.2) is 0 Å². The minimum absolute atomic E-state index is 0.0754. The van der Waals surface area contributed by atoms with Crippen LogP contribution in [0.5, 0.6) is 0 Å². The lowest BCUT2D eigenvalue weighted by Crippen LogP contribution is -2.03. The first-order valence-electron chi connectivity index (χ1n) is 6.05. The molecular weight excluding hydrogens is 222 g/mol. The topological polar surface area (TPSA) is 30.0 Å². The Balaban J connectivity index is 2.62. The predicted molar refractivity (Wildman–Crippen MR) is 73.9 cm³/mol. The molecule has 2 aromatic rings. The van der Waals surface area contributed by atoms with Crippen LogP contribution in [-0.2, 0) is 0 Å². The summed E-state index contributed by atoms with van der Waals surface area (Å²) in [5.41, 5.74) is 5.92. The third kappa shape index (κ3) is 2.19. The van der Waals surface area contributed by atoms with Crippen molar-refractivity contribution in [1.29, 1.82) is 0 Å². The van der Waals surface area contributed by atoms with Crippen molar-refractivity contribution in [2.24, 2.45) is 0 Å². The van der Waals surface area contributed by atoms with Crippen molar-refractivity contribution < 1.29 is 4.79 Å². The van der Waals surface area contributed by atoms with Crippen LogP contribution in [0.4, 0.5) is 0 Å². The summed E-state index contributed by atoms with van der Waals surface area (Å²) in [6.07, 6.45) is 1.85. The molecule has 0 aliphatic carbocycles. The molecule has 2 rings (SSSR count). The highest BCUT2D eigenvalue weighted by molar-refractivity contribution is 5.98. The lowest BCUT2D eigenvalue weighted by molar-refractivity contribution is 0.101. The van der Waals surface area contributed by atoms with Gasteiger partial charge in [0.15, 0.2) is 5.78 Å². The van der Waals surface area contributed by atoms with E-state index in [1.807, 2.05) is 20.0 Å². The molecule has 0 saturated carbocycles. The number of hydrogen-bond donors (Lipinski definition) is 0.